The Hall–Kier alpha value is -1.89. The number of pyridine rings is 2. The van der Waals surface area contributed by atoms with Crippen LogP contribution in [-0.4, -0.2) is 34.7 Å². The van der Waals surface area contributed by atoms with Crippen LogP contribution in [0.15, 0.2) is 48.8 Å². The van der Waals surface area contributed by atoms with E-state index in [-0.39, 0.29) is 0 Å². The lowest BCUT2D eigenvalue weighted by Gasteiger charge is -1.98. The molecule has 3 aromatic rings. The Balaban J connectivity index is 0.000000396. The molecule has 3 rings (SSSR count). The Morgan fingerprint density at radius 1 is 0.636 bits per heavy atom. The fourth-order valence-corrected chi connectivity index (χ4v) is 1.42. The number of aromatic nitrogens is 6. The van der Waals surface area contributed by atoms with Crippen LogP contribution in [0.2, 0.25) is 0 Å². The summed E-state index contributed by atoms with van der Waals surface area (Å²) < 4.78 is -0.750. The van der Waals surface area contributed by atoms with E-state index < -0.39 is 4.30 Å². The molecule has 9 heteroatoms. The number of nitrogens with zero attached hydrogens (tertiary/aromatic N) is 6. The molecule has 0 saturated heterocycles. The van der Waals surface area contributed by atoms with Crippen LogP contribution in [0.4, 0.5) is 0 Å². The summed E-state index contributed by atoms with van der Waals surface area (Å²) in [5.74, 6) is 0.797. The average molecular weight is 356 g/mol. The monoisotopic (exact) mass is 354 g/mol. The van der Waals surface area contributed by atoms with E-state index in [9.17, 15) is 0 Å². The SMILES string of the molecule is ClC(Cl)Cl.c1ccc(-c2nnc(-c3ccccn3)nn2)nc1. The van der Waals surface area contributed by atoms with E-state index in [2.05, 4.69) is 30.4 Å². The van der Waals surface area contributed by atoms with Gasteiger partial charge in [0.1, 0.15) is 11.4 Å². The molecule has 0 amide bonds. The van der Waals surface area contributed by atoms with Gasteiger partial charge in [0.05, 0.1) is 0 Å². The largest absolute Gasteiger partial charge is 0.253 e. The van der Waals surface area contributed by atoms with Crippen LogP contribution >= 0.6 is 34.8 Å². The van der Waals surface area contributed by atoms with Gasteiger partial charge in [-0.3, -0.25) is 9.97 Å². The average Bonchev–Trinajstić information content (AvgIpc) is 2.56. The summed E-state index contributed by atoms with van der Waals surface area (Å²) in [6.07, 6.45) is 3.34. The fraction of sp³-hybridized carbons (Fsp3) is 0.0769. The van der Waals surface area contributed by atoms with Gasteiger partial charge >= 0.3 is 0 Å². The van der Waals surface area contributed by atoms with Crippen LogP contribution in [-0.2, 0) is 0 Å². The van der Waals surface area contributed by atoms with E-state index >= 15 is 0 Å². The topological polar surface area (TPSA) is 77.3 Å². The highest BCUT2D eigenvalue weighted by Gasteiger charge is 2.07. The van der Waals surface area contributed by atoms with Gasteiger partial charge in [0.2, 0.25) is 11.6 Å². The van der Waals surface area contributed by atoms with Crippen LogP contribution in [0.3, 0.4) is 0 Å². The minimum absolute atomic E-state index is 0.398. The van der Waals surface area contributed by atoms with Gasteiger partial charge in [0, 0.05) is 12.4 Å². The predicted molar refractivity (Wildman–Crippen MR) is 85.4 cm³/mol. The molecule has 0 aliphatic rings. The zero-order valence-electron chi connectivity index (χ0n) is 11.0. The molecule has 0 aliphatic heterocycles. The molecule has 0 N–H and O–H groups in total. The van der Waals surface area contributed by atoms with Crippen LogP contribution < -0.4 is 0 Å². The van der Waals surface area contributed by atoms with E-state index in [1.807, 2.05) is 24.3 Å². The van der Waals surface area contributed by atoms with Gasteiger partial charge in [-0.05, 0) is 24.3 Å². The number of halogens is 3. The zero-order valence-corrected chi connectivity index (χ0v) is 13.3. The standard InChI is InChI=1S/C12H8N6.CHCl3/c1-3-7-13-9(5-1)11-15-17-12(18-16-11)10-6-2-4-8-14-10;2-1(3)4/h1-8H;1H. The third-order valence-corrected chi connectivity index (χ3v) is 2.27. The quantitative estimate of drug-likeness (QED) is 0.656. The molecule has 112 valence electrons. The second-order valence-corrected chi connectivity index (χ2v) is 5.70. The molecule has 6 nitrogen and oxygen atoms in total. The third-order valence-electron chi connectivity index (χ3n) is 2.27. The first kappa shape index (κ1) is 16.5. The lowest BCUT2D eigenvalue weighted by Crippen LogP contribution is -2.00. The highest BCUT2D eigenvalue weighted by Crippen LogP contribution is 2.11. The Morgan fingerprint density at radius 2 is 1.00 bits per heavy atom. The molecular weight excluding hydrogens is 347 g/mol. The lowest BCUT2D eigenvalue weighted by molar-refractivity contribution is 0.865. The molecule has 0 unspecified atom stereocenters. The van der Waals surface area contributed by atoms with Crippen molar-refractivity contribution in [1.82, 2.24) is 30.4 Å². The van der Waals surface area contributed by atoms with Gasteiger partial charge < -0.3 is 0 Å². The summed E-state index contributed by atoms with van der Waals surface area (Å²) in [7, 11) is 0. The molecule has 0 aliphatic carbocycles. The first-order valence-electron chi connectivity index (χ1n) is 5.99. The molecule has 3 heterocycles. The van der Waals surface area contributed by atoms with Gasteiger partial charge in [-0.15, -0.1) is 20.4 Å². The Kier molecular flexibility index (Phi) is 6.39. The van der Waals surface area contributed by atoms with Crippen molar-refractivity contribution in [2.75, 3.05) is 0 Å². The number of hydrogen-bond acceptors (Lipinski definition) is 6. The molecule has 0 spiro atoms. The molecule has 0 aromatic carbocycles. The van der Waals surface area contributed by atoms with E-state index in [1.165, 1.54) is 0 Å². The van der Waals surface area contributed by atoms with Crippen LogP contribution in [0.5, 0.6) is 0 Å². The second kappa shape index (κ2) is 8.53. The predicted octanol–water partition coefficient (Wildman–Crippen LogP) is 3.38. The van der Waals surface area contributed by atoms with E-state index in [4.69, 9.17) is 34.8 Å². The molecule has 22 heavy (non-hydrogen) atoms. The van der Waals surface area contributed by atoms with Gasteiger partial charge in [0.25, 0.3) is 0 Å². The normalized spacial score (nSPS) is 10.0. The van der Waals surface area contributed by atoms with Gasteiger partial charge in [-0.25, -0.2) is 0 Å². The molecule has 3 aromatic heterocycles. The summed E-state index contributed by atoms with van der Waals surface area (Å²) in [5, 5.41) is 16.0. The first-order chi connectivity index (χ1) is 10.7. The summed E-state index contributed by atoms with van der Waals surface area (Å²) in [6, 6.07) is 11.0. The lowest BCUT2D eigenvalue weighted by atomic mass is 10.3. The van der Waals surface area contributed by atoms with Crippen molar-refractivity contribution >= 4 is 34.8 Å². The second-order valence-electron chi connectivity index (χ2n) is 3.72. The molecule has 0 fully saturated rings. The van der Waals surface area contributed by atoms with Crippen molar-refractivity contribution in [1.29, 1.82) is 0 Å². The number of hydrogen-bond donors (Lipinski definition) is 0. The van der Waals surface area contributed by atoms with Crippen molar-refractivity contribution in [2.24, 2.45) is 0 Å². The highest BCUT2D eigenvalue weighted by molar-refractivity contribution is 6.63. The summed E-state index contributed by atoms with van der Waals surface area (Å²) in [6.45, 7) is 0. The summed E-state index contributed by atoms with van der Waals surface area (Å²) in [4.78, 5) is 8.26. The van der Waals surface area contributed by atoms with Crippen LogP contribution in [0.25, 0.3) is 23.0 Å². The van der Waals surface area contributed by atoms with Crippen molar-refractivity contribution in [3.05, 3.63) is 48.8 Å². The minimum Gasteiger partial charge on any atom is -0.253 e. The Labute approximate surface area is 141 Å². The molecular formula is C13H9Cl3N6. The fourth-order valence-electron chi connectivity index (χ4n) is 1.42. The molecule has 0 atom stereocenters. The molecule has 0 radical (unpaired) electrons. The number of alkyl halides is 3. The first-order valence-corrected chi connectivity index (χ1v) is 7.30. The van der Waals surface area contributed by atoms with Crippen molar-refractivity contribution in [3.8, 4) is 23.0 Å². The van der Waals surface area contributed by atoms with E-state index in [0.717, 1.165) is 0 Å². The summed E-state index contributed by atoms with van der Waals surface area (Å²) >= 11 is 14.4. The van der Waals surface area contributed by atoms with Crippen molar-refractivity contribution < 1.29 is 0 Å². The summed E-state index contributed by atoms with van der Waals surface area (Å²) in [5.41, 5.74) is 1.29. The van der Waals surface area contributed by atoms with Gasteiger partial charge in [0.15, 0.2) is 4.30 Å². The van der Waals surface area contributed by atoms with Crippen LogP contribution in [0.1, 0.15) is 0 Å². The smallest absolute Gasteiger partial charge is 0.221 e. The third kappa shape index (κ3) is 5.14. The van der Waals surface area contributed by atoms with Gasteiger partial charge in [-0.1, -0.05) is 46.9 Å². The Bertz CT molecular complexity index is 618. The maximum Gasteiger partial charge on any atom is 0.221 e. The highest BCUT2D eigenvalue weighted by atomic mass is 35.6. The minimum atomic E-state index is -0.750. The number of rotatable bonds is 2. The van der Waals surface area contributed by atoms with Gasteiger partial charge in [-0.2, -0.15) is 0 Å². The van der Waals surface area contributed by atoms with Crippen molar-refractivity contribution in [3.63, 3.8) is 0 Å². The maximum absolute atomic E-state index is 4.81. The van der Waals surface area contributed by atoms with Crippen molar-refractivity contribution in [2.45, 2.75) is 4.30 Å². The van der Waals surface area contributed by atoms with E-state index in [0.29, 0.717) is 23.0 Å². The van der Waals surface area contributed by atoms with Crippen LogP contribution in [0, 0.1) is 0 Å². The molecule has 0 bridgehead atoms. The maximum atomic E-state index is 4.81. The Morgan fingerprint density at radius 3 is 1.27 bits per heavy atom. The molecule has 0 saturated carbocycles. The van der Waals surface area contributed by atoms with E-state index in [1.54, 1.807) is 24.5 Å². The zero-order chi connectivity index (χ0) is 15.8.